The van der Waals surface area contributed by atoms with Crippen LogP contribution in [0, 0.1) is 0 Å². The maximum atomic E-state index is 5.52. The lowest BCUT2D eigenvalue weighted by atomic mass is 10.2. The third-order valence-corrected chi connectivity index (χ3v) is 1.89. The monoisotopic (exact) mass is 189 g/mol. The van der Waals surface area contributed by atoms with E-state index in [1.54, 1.807) is 0 Å². The molecule has 0 radical (unpaired) electrons. The quantitative estimate of drug-likeness (QED) is 0.560. The average molecular weight is 189 g/mol. The number of nitrogens with two attached hydrogens (primary N) is 1. The van der Waals surface area contributed by atoms with Crippen molar-refractivity contribution in [2.45, 2.75) is 39.2 Å². The Hall–Kier alpha value is -0.120. The molecule has 0 aromatic rings. The maximum absolute atomic E-state index is 5.52. The van der Waals surface area contributed by atoms with Crippen LogP contribution < -0.4 is 5.73 Å². The average Bonchev–Trinajstić information content (AvgIpc) is 2.16. The lowest BCUT2D eigenvalue weighted by Gasteiger charge is -2.14. The molecule has 1 unspecified atom stereocenters. The Kier molecular flexibility index (Phi) is 9.87. The molecule has 80 valence electrons. The fourth-order valence-corrected chi connectivity index (χ4v) is 1.07. The lowest BCUT2D eigenvalue weighted by molar-refractivity contribution is 0.0322. The first-order valence-corrected chi connectivity index (χ1v) is 5.24. The summed E-state index contributed by atoms with van der Waals surface area (Å²) in [5.41, 5.74) is 5.52. The van der Waals surface area contributed by atoms with E-state index in [4.69, 9.17) is 15.2 Å². The van der Waals surface area contributed by atoms with Gasteiger partial charge in [-0.25, -0.2) is 0 Å². The summed E-state index contributed by atoms with van der Waals surface area (Å²) in [5.74, 6) is 0. The summed E-state index contributed by atoms with van der Waals surface area (Å²) in [6.07, 6.45) is 3.41. The Morgan fingerprint density at radius 2 is 2.00 bits per heavy atom. The molecule has 0 aromatic carbocycles. The van der Waals surface area contributed by atoms with Gasteiger partial charge in [-0.05, 0) is 19.8 Å². The molecule has 0 aliphatic heterocycles. The second-order valence-corrected chi connectivity index (χ2v) is 3.07. The van der Waals surface area contributed by atoms with Crippen molar-refractivity contribution in [3.05, 3.63) is 0 Å². The smallest absolute Gasteiger partial charge is 0.0719 e. The van der Waals surface area contributed by atoms with E-state index in [-0.39, 0.29) is 6.10 Å². The second kappa shape index (κ2) is 9.96. The highest BCUT2D eigenvalue weighted by Gasteiger charge is 2.04. The van der Waals surface area contributed by atoms with Crippen LogP contribution >= 0.6 is 0 Å². The zero-order valence-electron chi connectivity index (χ0n) is 8.92. The van der Waals surface area contributed by atoms with Crippen molar-refractivity contribution in [3.8, 4) is 0 Å². The van der Waals surface area contributed by atoms with Crippen molar-refractivity contribution in [1.82, 2.24) is 0 Å². The minimum atomic E-state index is 0.173. The minimum absolute atomic E-state index is 0.173. The Labute approximate surface area is 81.6 Å². The first-order chi connectivity index (χ1) is 6.35. The molecule has 0 heterocycles. The van der Waals surface area contributed by atoms with Gasteiger partial charge in [-0.2, -0.15) is 0 Å². The summed E-state index contributed by atoms with van der Waals surface area (Å²) >= 11 is 0. The van der Waals surface area contributed by atoms with Gasteiger partial charge in [-0.15, -0.1) is 0 Å². The summed E-state index contributed by atoms with van der Waals surface area (Å²) in [5, 5.41) is 0. The van der Waals surface area contributed by atoms with Crippen LogP contribution in [-0.2, 0) is 9.47 Å². The molecule has 0 aliphatic carbocycles. The van der Waals surface area contributed by atoms with Crippen LogP contribution in [0.4, 0.5) is 0 Å². The molecule has 2 N–H and O–H groups in total. The number of ether oxygens (including phenoxy) is 2. The maximum Gasteiger partial charge on any atom is 0.0719 e. The first kappa shape index (κ1) is 12.9. The number of unbranched alkanes of at least 4 members (excludes halogenated alkanes) is 1. The molecule has 0 aromatic heterocycles. The fraction of sp³-hybridized carbons (Fsp3) is 1.00. The summed E-state index contributed by atoms with van der Waals surface area (Å²) in [4.78, 5) is 0. The van der Waals surface area contributed by atoms with Gasteiger partial charge in [0.05, 0.1) is 6.10 Å². The van der Waals surface area contributed by atoms with Gasteiger partial charge in [-0.1, -0.05) is 13.3 Å². The molecular formula is C10H23NO2. The highest BCUT2D eigenvalue weighted by molar-refractivity contribution is 4.57. The van der Waals surface area contributed by atoms with Gasteiger partial charge in [-0.3, -0.25) is 0 Å². The van der Waals surface area contributed by atoms with Crippen molar-refractivity contribution >= 4 is 0 Å². The molecule has 0 fully saturated rings. The molecule has 0 saturated carbocycles. The summed E-state index contributed by atoms with van der Waals surface area (Å²) < 4.78 is 10.8. The van der Waals surface area contributed by atoms with Gasteiger partial charge in [0.25, 0.3) is 0 Å². The molecule has 0 saturated heterocycles. The Balaban J connectivity index is 3.17. The zero-order chi connectivity index (χ0) is 9.94. The molecule has 13 heavy (non-hydrogen) atoms. The molecular weight excluding hydrogens is 166 g/mol. The Morgan fingerprint density at radius 3 is 2.54 bits per heavy atom. The van der Waals surface area contributed by atoms with E-state index in [2.05, 4.69) is 6.92 Å². The van der Waals surface area contributed by atoms with Gasteiger partial charge in [0.2, 0.25) is 0 Å². The highest BCUT2D eigenvalue weighted by Crippen LogP contribution is 1.98. The molecule has 3 heteroatoms. The summed E-state index contributed by atoms with van der Waals surface area (Å²) in [6, 6.07) is 0. The largest absolute Gasteiger partial charge is 0.381 e. The molecule has 0 aliphatic rings. The molecule has 0 rings (SSSR count). The zero-order valence-corrected chi connectivity index (χ0v) is 8.92. The predicted octanol–water partition coefficient (Wildman–Crippen LogP) is 1.56. The van der Waals surface area contributed by atoms with Gasteiger partial charge >= 0.3 is 0 Å². The van der Waals surface area contributed by atoms with Gasteiger partial charge in [0.1, 0.15) is 0 Å². The van der Waals surface area contributed by atoms with E-state index in [1.165, 1.54) is 6.42 Å². The third kappa shape index (κ3) is 8.22. The van der Waals surface area contributed by atoms with Crippen LogP contribution in [0.5, 0.6) is 0 Å². The van der Waals surface area contributed by atoms with Crippen LogP contribution in [0.3, 0.4) is 0 Å². The van der Waals surface area contributed by atoms with E-state index >= 15 is 0 Å². The topological polar surface area (TPSA) is 44.5 Å². The Bertz CT molecular complexity index is 98.9. The fourth-order valence-electron chi connectivity index (χ4n) is 1.07. The Morgan fingerprint density at radius 1 is 1.23 bits per heavy atom. The summed E-state index contributed by atoms with van der Waals surface area (Å²) in [6.45, 7) is 7.09. The van der Waals surface area contributed by atoms with Crippen molar-refractivity contribution < 1.29 is 9.47 Å². The van der Waals surface area contributed by atoms with Crippen molar-refractivity contribution in [2.75, 3.05) is 26.4 Å². The standard InChI is InChI=1S/C10H23NO2/c1-3-5-7-12-8-6-10(9-11)13-4-2/h10H,3-9,11H2,1-2H3. The van der Waals surface area contributed by atoms with E-state index < -0.39 is 0 Å². The molecule has 0 spiro atoms. The number of hydrogen-bond donors (Lipinski definition) is 1. The number of hydrogen-bond acceptors (Lipinski definition) is 3. The van der Waals surface area contributed by atoms with E-state index in [0.29, 0.717) is 6.54 Å². The molecule has 1 atom stereocenters. The van der Waals surface area contributed by atoms with Gasteiger partial charge < -0.3 is 15.2 Å². The van der Waals surface area contributed by atoms with Crippen molar-refractivity contribution in [2.24, 2.45) is 5.73 Å². The van der Waals surface area contributed by atoms with Crippen LogP contribution in [0.2, 0.25) is 0 Å². The molecule has 0 amide bonds. The highest BCUT2D eigenvalue weighted by atomic mass is 16.5. The van der Waals surface area contributed by atoms with Crippen LogP contribution in [0.15, 0.2) is 0 Å². The van der Waals surface area contributed by atoms with Crippen LogP contribution in [0.1, 0.15) is 33.1 Å². The third-order valence-electron chi connectivity index (χ3n) is 1.89. The predicted molar refractivity (Wildman–Crippen MR) is 54.8 cm³/mol. The van der Waals surface area contributed by atoms with Gasteiger partial charge in [0, 0.05) is 26.4 Å². The van der Waals surface area contributed by atoms with Crippen LogP contribution in [0.25, 0.3) is 0 Å². The summed E-state index contributed by atoms with van der Waals surface area (Å²) in [7, 11) is 0. The second-order valence-electron chi connectivity index (χ2n) is 3.07. The first-order valence-electron chi connectivity index (χ1n) is 5.24. The molecule has 3 nitrogen and oxygen atoms in total. The van der Waals surface area contributed by atoms with E-state index in [9.17, 15) is 0 Å². The van der Waals surface area contributed by atoms with Gasteiger partial charge in [0.15, 0.2) is 0 Å². The van der Waals surface area contributed by atoms with E-state index in [0.717, 1.165) is 32.7 Å². The van der Waals surface area contributed by atoms with Crippen molar-refractivity contribution in [3.63, 3.8) is 0 Å². The minimum Gasteiger partial charge on any atom is -0.381 e. The number of rotatable bonds is 9. The lowest BCUT2D eigenvalue weighted by Crippen LogP contribution is -2.25. The molecule has 0 bridgehead atoms. The normalized spacial score (nSPS) is 13.2. The van der Waals surface area contributed by atoms with Crippen molar-refractivity contribution in [1.29, 1.82) is 0 Å². The van der Waals surface area contributed by atoms with Crippen LogP contribution in [-0.4, -0.2) is 32.5 Å². The SMILES string of the molecule is CCCCOCCC(CN)OCC. The van der Waals surface area contributed by atoms with E-state index in [1.807, 2.05) is 6.92 Å².